The maximum atomic E-state index is 13.3. The van der Waals surface area contributed by atoms with Gasteiger partial charge in [-0.05, 0) is 55.3 Å². The van der Waals surface area contributed by atoms with Gasteiger partial charge in [0.25, 0.3) is 0 Å². The number of anilines is 1. The van der Waals surface area contributed by atoms with Gasteiger partial charge in [0, 0.05) is 17.3 Å². The fourth-order valence-electron chi connectivity index (χ4n) is 2.99. The van der Waals surface area contributed by atoms with E-state index in [1.54, 1.807) is 54.6 Å². The first-order chi connectivity index (χ1) is 14.3. The van der Waals surface area contributed by atoms with E-state index in [1.807, 2.05) is 32.0 Å². The van der Waals surface area contributed by atoms with Crippen molar-refractivity contribution in [3.05, 3.63) is 94.5 Å². The number of halogens is 1. The molecule has 0 fully saturated rings. The number of para-hydroxylation sites is 1. The van der Waals surface area contributed by atoms with Crippen LogP contribution in [0, 0.1) is 13.8 Å². The van der Waals surface area contributed by atoms with Crippen LogP contribution in [-0.4, -0.2) is 25.2 Å². The molecule has 3 rings (SSSR count). The average Bonchev–Trinajstić information content (AvgIpc) is 2.69. The highest BCUT2D eigenvalue weighted by Crippen LogP contribution is 2.21. The quantitative estimate of drug-likeness (QED) is 0.572. The Morgan fingerprint density at radius 1 is 0.967 bits per heavy atom. The van der Waals surface area contributed by atoms with E-state index < -0.39 is 15.9 Å². The van der Waals surface area contributed by atoms with Crippen LogP contribution in [0.5, 0.6) is 0 Å². The summed E-state index contributed by atoms with van der Waals surface area (Å²) in [6.07, 6.45) is 0. The lowest BCUT2D eigenvalue weighted by atomic mass is 10.2. The average molecular weight is 443 g/mol. The minimum Gasteiger partial charge on any atom is -0.325 e. The molecule has 30 heavy (non-hydrogen) atoms. The van der Waals surface area contributed by atoms with Crippen molar-refractivity contribution in [3.8, 4) is 0 Å². The van der Waals surface area contributed by atoms with Gasteiger partial charge in [-0.3, -0.25) is 4.79 Å². The van der Waals surface area contributed by atoms with Gasteiger partial charge < -0.3 is 5.32 Å². The van der Waals surface area contributed by atoms with E-state index in [4.69, 9.17) is 11.6 Å². The smallest absolute Gasteiger partial charge is 0.243 e. The van der Waals surface area contributed by atoms with Crippen LogP contribution >= 0.6 is 11.6 Å². The fourth-order valence-corrected chi connectivity index (χ4v) is 4.58. The Morgan fingerprint density at radius 2 is 1.67 bits per heavy atom. The van der Waals surface area contributed by atoms with Crippen LogP contribution in [0.1, 0.15) is 16.7 Å². The molecule has 0 saturated carbocycles. The second kappa shape index (κ2) is 9.43. The Balaban J connectivity index is 1.89. The molecule has 0 aromatic heterocycles. The SMILES string of the molecule is Cc1ccc(S(=O)(=O)N(CC(=O)Nc2ccccc2C)Cc2cccc(Cl)c2)cc1. The lowest BCUT2D eigenvalue weighted by Crippen LogP contribution is -2.37. The highest BCUT2D eigenvalue weighted by atomic mass is 35.5. The molecule has 0 aliphatic heterocycles. The zero-order valence-corrected chi connectivity index (χ0v) is 18.4. The topological polar surface area (TPSA) is 66.5 Å². The van der Waals surface area contributed by atoms with Gasteiger partial charge in [0.2, 0.25) is 15.9 Å². The van der Waals surface area contributed by atoms with Gasteiger partial charge in [0.05, 0.1) is 11.4 Å². The third-order valence-corrected chi connectivity index (χ3v) is 6.69. The molecule has 5 nitrogen and oxygen atoms in total. The predicted octanol–water partition coefficient (Wildman–Crippen LogP) is 4.79. The Labute approximate surface area is 182 Å². The van der Waals surface area contributed by atoms with Crippen molar-refractivity contribution in [2.75, 3.05) is 11.9 Å². The van der Waals surface area contributed by atoms with Crippen molar-refractivity contribution in [3.63, 3.8) is 0 Å². The first kappa shape index (κ1) is 22.0. The van der Waals surface area contributed by atoms with Crippen LogP contribution < -0.4 is 5.32 Å². The molecule has 0 atom stereocenters. The second-order valence-electron chi connectivity index (χ2n) is 7.08. The second-order valence-corrected chi connectivity index (χ2v) is 9.45. The van der Waals surface area contributed by atoms with E-state index in [0.29, 0.717) is 16.3 Å². The molecule has 3 aromatic carbocycles. The van der Waals surface area contributed by atoms with Gasteiger partial charge in [-0.15, -0.1) is 0 Å². The van der Waals surface area contributed by atoms with Crippen molar-refractivity contribution in [1.29, 1.82) is 0 Å². The highest BCUT2D eigenvalue weighted by Gasteiger charge is 2.27. The number of aryl methyl sites for hydroxylation is 2. The van der Waals surface area contributed by atoms with Crippen molar-refractivity contribution in [2.45, 2.75) is 25.3 Å². The summed E-state index contributed by atoms with van der Waals surface area (Å²) in [5.74, 6) is -0.415. The van der Waals surface area contributed by atoms with Crippen LogP contribution in [0.15, 0.2) is 77.7 Å². The molecule has 0 aliphatic rings. The highest BCUT2D eigenvalue weighted by molar-refractivity contribution is 7.89. The molecule has 0 spiro atoms. The van der Waals surface area contributed by atoms with Crippen molar-refractivity contribution in [2.24, 2.45) is 0 Å². The van der Waals surface area contributed by atoms with E-state index in [0.717, 1.165) is 15.4 Å². The van der Waals surface area contributed by atoms with Crippen LogP contribution in [0.25, 0.3) is 0 Å². The maximum absolute atomic E-state index is 13.3. The standard InChI is InChI=1S/C23H23ClN2O3S/c1-17-10-12-21(13-11-17)30(28,29)26(15-19-7-5-8-20(24)14-19)16-23(27)25-22-9-4-3-6-18(22)2/h3-14H,15-16H2,1-2H3,(H,25,27). The number of amides is 1. The summed E-state index contributed by atoms with van der Waals surface area (Å²) >= 11 is 6.06. The summed E-state index contributed by atoms with van der Waals surface area (Å²) < 4.78 is 27.8. The third-order valence-electron chi connectivity index (χ3n) is 4.65. The van der Waals surface area contributed by atoms with Crippen LogP contribution in [0.4, 0.5) is 5.69 Å². The van der Waals surface area contributed by atoms with Gasteiger partial charge in [-0.2, -0.15) is 4.31 Å². The molecular weight excluding hydrogens is 420 g/mol. The number of carbonyl (C=O) groups is 1. The lowest BCUT2D eigenvalue weighted by molar-refractivity contribution is -0.116. The van der Waals surface area contributed by atoms with Crippen molar-refractivity contribution in [1.82, 2.24) is 4.31 Å². The molecule has 1 N–H and O–H groups in total. The molecular formula is C23H23ClN2O3S. The first-order valence-corrected chi connectivity index (χ1v) is 11.2. The molecule has 0 aliphatic carbocycles. The van der Waals surface area contributed by atoms with Crippen molar-refractivity contribution >= 4 is 33.2 Å². The van der Waals surface area contributed by atoms with E-state index >= 15 is 0 Å². The Hall–Kier alpha value is -2.67. The minimum atomic E-state index is -3.90. The van der Waals surface area contributed by atoms with Crippen LogP contribution in [0.2, 0.25) is 5.02 Å². The van der Waals surface area contributed by atoms with E-state index in [9.17, 15) is 13.2 Å². The molecule has 0 unspecified atom stereocenters. The normalized spacial score (nSPS) is 11.5. The number of sulfonamides is 1. The third kappa shape index (κ3) is 5.48. The van der Waals surface area contributed by atoms with E-state index in [1.165, 1.54) is 0 Å². The molecule has 0 saturated heterocycles. The molecule has 0 radical (unpaired) electrons. The van der Waals surface area contributed by atoms with Gasteiger partial charge in [-0.1, -0.05) is 59.6 Å². The Morgan fingerprint density at radius 3 is 2.33 bits per heavy atom. The summed E-state index contributed by atoms with van der Waals surface area (Å²) in [6, 6.07) is 20.9. The minimum absolute atomic E-state index is 0.0258. The van der Waals surface area contributed by atoms with Crippen LogP contribution in [-0.2, 0) is 21.4 Å². The number of rotatable bonds is 7. The van der Waals surface area contributed by atoms with Gasteiger partial charge >= 0.3 is 0 Å². The van der Waals surface area contributed by atoms with E-state index in [2.05, 4.69) is 5.32 Å². The predicted molar refractivity (Wildman–Crippen MR) is 120 cm³/mol. The summed E-state index contributed by atoms with van der Waals surface area (Å²) in [5.41, 5.74) is 3.20. The molecule has 156 valence electrons. The van der Waals surface area contributed by atoms with E-state index in [-0.39, 0.29) is 18.0 Å². The number of nitrogens with zero attached hydrogens (tertiary/aromatic N) is 1. The van der Waals surface area contributed by atoms with Crippen LogP contribution in [0.3, 0.4) is 0 Å². The number of hydrogen-bond acceptors (Lipinski definition) is 3. The lowest BCUT2D eigenvalue weighted by Gasteiger charge is -2.22. The van der Waals surface area contributed by atoms with Gasteiger partial charge in [-0.25, -0.2) is 8.42 Å². The summed E-state index contributed by atoms with van der Waals surface area (Å²) in [7, 11) is -3.90. The zero-order valence-electron chi connectivity index (χ0n) is 16.8. The number of carbonyl (C=O) groups excluding carboxylic acids is 1. The Kier molecular flexibility index (Phi) is 6.92. The Bertz CT molecular complexity index is 1150. The zero-order chi connectivity index (χ0) is 21.7. The number of benzene rings is 3. The summed E-state index contributed by atoms with van der Waals surface area (Å²) in [4.78, 5) is 12.9. The summed E-state index contributed by atoms with van der Waals surface area (Å²) in [6.45, 7) is 3.47. The van der Waals surface area contributed by atoms with Crippen molar-refractivity contribution < 1.29 is 13.2 Å². The molecule has 1 amide bonds. The molecule has 0 bridgehead atoms. The molecule has 0 heterocycles. The molecule has 7 heteroatoms. The summed E-state index contributed by atoms with van der Waals surface area (Å²) in [5, 5.41) is 3.30. The number of hydrogen-bond donors (Lipinski definition) is 1. The number of nitrogens with one attached hydrogen (secondary N) is 1. The first-order valence-electron chi connectivity index (χ1n) is 9.42. The van der Waals surface area contributed by atoms with Gasteiger partial charge in [0.15, 0.2) is 0 Å². The largest absolute Gasteiger partial charge is 0.325 e. The molecule has 3 aromatic rings. The van der Waals surface area contributed by atoms with Gasteiger partial charge in [0.1, 0.15) is 0 Å². The fraction of sp³-hybridized carbons (Fsp3) is 0.174. The monoisotopic (exact) mass is 442 g/mol. The maximum Gasteiger partial charge on any atom is 0.243 e.